The Morgan fingerprint density at radius 3 is 2.36 bits per heavy atom. The largest absolute Gasteiger partial charge is 0.368 e. The molecule has 0 atom stereocenters. The molecular weight excluding hydrogens is 252 g/mol. The average Bonchev–Trinajstić information content (AvgIpc) is 2.54. The Morgan fingerprint density at radius 2 is 1.79 bits per heavy atom. The lowest BCUT2D eigenvalue weighted by Gasteiger charge is -2.19. The van der Waals surface area contributed by atoms with Crippen LogP contribution in [-0.2, 0) is 0 Å². The van der Waals surface area contributed by atoms with Gasteiger partial charge in [-0.1, -0.05) is 0 Å². The zero-order valence-corrected chi connectivity index (χ0v) is 9.15. The van der Waals surface area contributed by atoms with Crippen LogP contribution in [0.2, 0.25) is 0 Å². The minimum Gasteiger partial charge on any atom is -0.368 e. The first-order valence-electron chi connectivity index (χ1n) is 4.58. The van der Waals surface area contributed by atoms with E-state index in [1.165, 1.54) is 6.07 Å². The number of hydrogen-bond donors (Lipinski definition) is 0. The zero-order chi connectivity index (χ0) is 10.1. The Kier molecular flexibility index (Phi) is 2.72. The van der Waals surface area contributed by atoms with Crippen LogP contribution in [-0.4, -0.2) is 13.1 Å². The summed E-state index contributed by atoms with van der Waals surface area (Å²) in [6, 6.07) is 2.23. The van der Waals surface area contributed by atoms with E-state index in [1.807, 2.05) is 4.90 Å². The van der Waals surface area contributed by atoms with Gasteiger partial charge in [-0.15, -0.1) is 0 Å². The van der Waals surface area contributed by atoms with E-state index >= 15 is 0 Å². The van der Waals surface area contributed by atoms with Crippen LogP contribution in [0.3, 0.4) is 0 Å². The van der Waals surface area contributed by atoms with E-state index in [4.69, 9.17) is 0 Å². The first kappa shape index (κ1) is 9.90. The zero-order valence-electron chi connectivity index (χ0n) is 7.56. The summed E-state index contributed by atoms with van der Waals surface area (Å²) < 4.78 is 26.8. The molecule has 1 aromatic carbocycles. The molecule has 1 aliphatic heterocycles. The van der Waals surface area contributed by atoms with Gasteiger partial charge in [0.15, 0.2) is 5.82 Å². The molecule has 0 radical (unpaired) electrons. The van der Waals surface area contributed by atoms with E-state index in [0.29, 0.717) is 10.2 Å². The van der Waals surface area contributed by atoms with E-state index < -0.39 is 11.6 Å². The van der Waals surface area contributed by atoms with Crippen LogP contribution in [0.4, 0.5) is 14.5 Å². The van der Waals surface area contributed by atoms with Gasteiger partial charge >= 0.3 is 0 Å². The van der Waals surface area contributed by atoms with Crippen LogP contribution < -0.4 is 4.90 Å². The molecule has 2 rings (SSSR count). The van der Waals surface area contributed by atoms with Crippen LogP contribution in [0.25, 0.3) is 0 Å². The molecule has 0 amide bonds. The molecule has 0 aromatic heterocycles. The molecule has 1 nitrogen and oxygen atoms in total. The predicted octanol–water partition coefficient (Wildman–Crippen LogP) is 3.33. The fraction of sp³-hybridized carbons (Fsp3) is 0.400. The third-order valence-electron chi connectivity index (χ3n) is 2.40. The Bertz CT molecular complexity index is 325. The van der Waals surface area contributed by atoms with Crippen molar-refractivity contribution in [2.24, 2.45) is 0 Å². The number of halogens is 3. The van der Waals surface area contributed by atoms with Crippen LogP contribution in [0.15, 0.2) is 16.6 Å². The van der Waals surface area contributed by atoms with E-state index in [2.05, 4.69) is 15.9 Å². The first-order chi connectivity index (χ1) is 6.68. The third-order valence-corrected chi connectivity index (χ3v) is 3.01. The van der Waals surface area contributed by atoms with Crippen molar-refractivity contribution < 1.29 is 8.78 Å². The first-order valence-corrected chi connectivity index (χ1v) is 5.37. The minimum absolute atomic E-state index is 0.487. The van der Waals surface area contributed by atoms with Crippen molar-refractivity contribution in [3.8, 4) is 0 Å². The van der Waals surface area contributed by atoms with Crippen LogP contribution in [0, 0.1) is 11.6 Å². The average molecular weight is 262 g/mol. The van der Waals surface area contributed by atoms with Crippen molar-refractivity contribution >= 4 is 21.6 Å². The van der Waals surface area contributed by atoms with Gasteiger partial charge in [-0.3, -0.25) is 0 Å². The number of hydrogen-bond acceptors (Lipinski definition) is 1. The summed E-state index contributed by atoms with van der Waals surface area (Å²) in [5.41, 5.74) is 0.490. The lowest BCUT2D eigenvalue weighted by molar-refractivity contribution is 0.579. The normalized spacial score (nSPS) is 16.4. The SMILES string of the molecule is Fc1cc(F)c(N2CCCC2)c(Br)c1. The maximum atomic E-state index is 13.5. The summed E-state index contributed by atoms with van der Waals surface area (Å²) >= 11 is 3.19. The predicted molar refractivity (Wildman–Crippen MR) is 55.5 cm³/mol. The minimum atomic E-state index is -0.544. The van der Waals surface area contributed by atoms with Crippen molar-refractivity contribution in [1.29, 1.82) is 0 Å². The van der Waals surface area contributed by atoms with Gasteiger partial charge in [-0.2, -0.15) is 0 Å². The summed E-state index contributed by atoms with van der Waals surface area (Å²) in [7, 11) is 0. The van der Waals surface area contributed by atoms with Gasteiger partial charge in [-0.05, 0) is 34.8 Å². The summed E-state index contributed by atoms with van der Waals surface area (Å²) in [5.74, 6) is -1.03. The summed E-state index contributed by atoms with van der Waals surface area (Å²) in [5, 5.41) is 0. The highest BCUT2D eigenvalue weighted by atomic mass is 79.9. The summed E-state index contributed by atoms with van der Waals surface area (Å²) in [4.78, 5) is 1.94. The van der Waals surface area contributed by atoms with E-state index in [-0.39, 0.29) is 0 Å². The topological polar surface area (TPSA) is 3.24 Å². The van der Waals surface area contributed by atoms with Crippen molar-refractivity contribution in [3.63, 3.8) is 0 Å². The second-order valence-corrected chi connectivity index (χ2v) is 4.27. The smallest absolute Gasteiger partial charge is 0.150 e. The molecular formula is C10H10BrF2N. The highest BCUT2D eigenvalue weighted by Gasteiger charge is 2.19. The Labute approximate surface area is 89.8 Å². The molecule has 0 aliphatic carbocycles. The quantitative estimate of drug-likeness (QED) is 0.750. The fourth-order valence-electron chi connectivity index (χ4n) is 1.78. The van der Waals surface area contributed by atoms with Gasteiger partial charge in [0.2, 0.25) is 0 Å². The summed E-state index contributed by atoms with van der Waals surface area (Å²) in [6.45, 7) is 1.70. The van der Waals surface area contributed by atoms with Crippen molar-refractivity contribution in [1.82, 2.24) is 0 Å². The maximum absolute atomic E-state index is 13.5. The van der Waals surface area contributed by atoms with Gasteiger partial charge in [0.25, 0.3) is 0 Å². The van der Waals surface area contributed by atoms with Gasteiger partial charge < -0.3 is 4.90 Å². The number of benzene rings is 1. The molecule has 14 heavy (non-hydrogen) atoms. The monoisotopic (exact) mass is 261 g/mol. The summed E-state index contributed by atoms with van der Waals surface area (Å²) in [6.07, 6.45) is 2.15. The van der Waals surface area contributed by atoms with E-state index in [9.17, 15) is 8.78 Å². The fourth-order valence-corrected chi connectivity index (χ4v) is 2.44. The molecule has 1 heterocycles. The molecule has 0 N–H and O–H groups in total. The lowest BCUT2D eigenvalue weighted by atomic mass is 10.2. The molecule has 0 spiro atoms. The third kappa shape index (κ3) is 1.75. The molecule has 0 saturated carbocycles. The Hall–Kier alpha value is -0.640. The van der Waals surface area contributed by atoms with E-state index in [0.717, 1.165) is 32.0 Å². The molecule has 1 saturated heterocycles. The highest BCUT2D eigenvalue weighted by Crippen LogP contribution is 2.32. The second kappa shape index (κ2) is 3.85. The second-order valence-electron chi connectivity index (χ2n) is 3.41. The Morgan fingerprint density at radius 1 is 1.14 bits per heavy atom. The molecule has 1 fully saturated rings. The number of nitrogens with zero attached hydrogens (tertiary/aromatic N) is 1. The van der Waals surface area contributed by atoms with Gasteiger partial charge in [-0.25, -0.2) is 8.78 Å². The number of anilines is 1. The van der Waals surface area contributed by atoms with Gasteiger partial charge in [0, 0.05) is 23.6 Å². The maximum Gasteiger partial charge on any atom is 0.150 e. The number of rotatable bonds is 1. The molecule has 4 heteroatoms. The highest BCUT2D eigenvalue weighted by molar-refractivity contribution is 9.10. The molecule has 1 aliphatic rings. The standard InChI is InChI=1S/C10H10BrF2N/c11-8-5-7(12)6-9(13)10(8)14-3-1-2-4-14/h5-6H,1-4H2. The molecule has 0 bridgehead atoms. The Balaban J connectivity index is 2.40. The van der Waals surface area contributed by atoms with Crippen LogP contribution >= 0.6 is 15.9 Å². The lowest BCUT2D eigenvalue weighted by Crippen LogP contribution is -2.19. The van der Waals surface area contributed by atoms with Crippen LogP contribution in [0.5, 0.6) is 0 Å². The molecule has 76 valence electrons. The van der Waals surface area contributed by atoms with Crippen molar-refractivity contribution in [3.05, 3.63) is 28.2 Å². The molecule has 0 unspecified atom stereocenters. The van der Waals surface area contributed by atoms with Gasteiger partial charge in [0.1, 0.15) is 5.82 Å². The van der Waals surface area contributed by atoms with Crippen molar-refractivity contribution in [2.75, 3.05) is 18.0 Å². The van der Waals surface area contributed by atoms with Crippen LogP contribution in [0.1, 0.15) is 12.8 Å². The van der Waals surface area contributed by atoms with Gasteiger partial charge in [0.05, 0.1) is 5.69 Å². The van der Waals surface area contributed by atoms with E-state index in [1.54, 1.807) is 0 Å². The van der Waals surface area contributed by atoms with Crippen molar-refractivity contribution in [2.45, 2.75) is 12.8 Å². The molecule has 1 aromatic rings.